The van der Waals surface area contributed by atoms with Crippen LogP contribution in [0.3, 0.4) is 0 Å². The Hall–Kier alpha value is -0.760. The summed E-state index contributed by atoms with van der Waals surface area (Å²) in [6, 6.07) is 0. The Morgan fingerprint density at radius 1 is 0.604 bits per heavy atom. The molecule has 2 atom stereocenters. The Bertz CT molecular complexity index is 752. The molecule has 8 nitrogen and oxygen atoms in total. The third-order valence-corrected chi connectivity index (χ3v) is 9.67. The number of phosphoric acid groups is 1. The van der Waals surface area contributed by atoms with Crippen LogP contribution >= 0.6 is 7.82 Å². The molecule has 0 aromatic heterocycles. The summed E-state index contributed by atoms with van der Waals surface area (Å²) in [7, 11) is -4.27. The minimum Gasteiger partial charge on any atom is -0.457 e. The van der Waals surface area contributed by atoms with Gasteiger partial charge in [-0.1, -0.05) is 161 Å². The van der Waals surface area contributed by atoms with E-state index in [4.69, 9.17) is 24.3 Å². The molecule has 2 unspecified atom stereocenters. The fraction of sp³-hybridized carbons (Fsp3) is 0.923. The molecule has 0 saturated heterocycles. The highest BCUT2D eigenvalue weighted by Gasteiger charge is 2.25. The molecule has 0 bridgehead atoms. The van der Waals surface area contributed by atoms with Crippen LogP contribution in [0, 0.1) is 0 Å². The highest BCUT2D eigenvalue weighted by Crippen LogP contribution is 2.43. The summed E-state index contributed by atoms with van der Waals surface area (Å²) >= 11 is 0. The van der Waals surface area contributed by atoms with Gasteiger partial charge in [0.1, 0.15) is 6.10 Å². The molecule has 0 rings (SSSR count). The molecule has 0 aromatic rings. The molecule has 9 heteroatoms. The van der Waals surface area contributed by atoms with Gasteiger partial charge in [-0.05, 0) is 38.5 Å². The summed E-state index contributed by atoms with van der Waals surface area (Å²) in [6.45, 7) is 4.92. The minimum absolute atomic E-state index is 0.0940. The van der Waals surface area contributed by atoms with Crippen LogP contribution < -0.4 is 5.73 Å². The molecule has 286 valence electrons. The van der Waals surface area contributed by atoms with E-state index in [1.807, 2.05) is 0 Å². The Labute approximate surface area is 296 Å². The van der Waals surface area contributed by atoms with Crippen molar-refractivity contribution in [3.05, 3.63) is 12.2 Å². The average Bonchev–Trinajstić information content (AvgIpc) is 3.07. The van der Waals surface area contributed by atoms with E-state index in [9.17, 15) is 14.3 Å². The molecular weight excluding hydrogens is 625 g/mol. The number of esters is 1. The summed E-state index contributed by atoms with van der Waals surface area (Å²) in [5.74, 6) is -0.337. The van der Waals surface area contributed by atoms with Gasteiger partial charge < -0.3 is 20.1 Å². The third kappa shape index (κ3) is 36.5. The van der Waals surface area contributed by atoms with Crippen molar-refractivity contribution < 1.29 is 32.8 Å². The number of ether oxygens (including phenoxy) is 2. The number of carbonyl (C=O) groups is 1. The molecule has 0 aliphatic rings. The number of rotatable bonds is 39. The average molecular weight is 704 g/mol. The number of phosphoric ester groups is 1. The minimum atomic E-state index is -4.27. The van der Waals surface area contributed by atoms with Gasteiger partial charge in [-0.25, -0.2) is 4.57 Å². The van der Waals surface area contributed by atoms with Crippen LogP contribution in [0.4, 0.5) is 0 Å². The SMILES string of the molecule is CCCCC/C=C\CCCCCCCC(=O)OC(COCCCCCCCCCCCCCCCCCCC)COP(=O)(O)OCCN. The Morgan fingerprint density at radius 2 is 1.04 bits per heavy atom. The van der Waals surface area contributed by atoms with Crippen LogP contribution in [-0.4, -0.2) is 49.9 Å². The van der Waals surface area contributed by atoms with Gasteiger partial charge in [0, 0.05) is 19.6 Å². The number of carbonyl (C=O) groups excluding carboxylic acids is 1. The van der Waals surface area contributed by atoms with Gasteiger partial charge >= 0.3 is 13.8 Å². The molecule has 0 aromatic carbocycles. The van der Waals surface area contributed by atoms with Crippen LogP contribution in [0.2, 0.25) is 0 Å². The molecule has 0 fully saturated rings. The van der Waals surface area contributed by atoms with Gasteiger partial charge in [0.25, 0.3) is 0 Å². The quantitative estimate of drug-likeness (QED) is 0.0281. The lowest BCUT2D eigenvalue weighted by Gasteiger charge is -2.20. The predicted molar refractivity (Wildman–Crippen MR) is 201 cm³/mol. The van der Waals surface area contributed by atoms with Crippen LogP contribution in [0.15, 0.2) is 12.2 Å². The maximum absolute atomic E-state index is 12.5. The zero-order valence-electron chi connectivity index (χ0n) is 31.5. The van der Waals surface area contributed by atoms with E-state index < -0.39 is 13.9 Å². The van der Waals surface area contributed by atoms with Gasteiger partial charge in [-0.3, -0.25) is 13.8 Å². The molecule has 48 heavy (non-hydrogen) atoms. The molecule has 0 saturated carbocycles. The molecule has 0 spiro atoms. The maximum atomic E-state index is 12.5. The highest BCUT2D eigenvalue weighted by atomic mass is 31.2. The number of hydrogen-bond acceptors (Lipinski definition) is 7. The number of nitrogens with two attached hydrogens (primary N) is 1. The van der Waals surface area contributed by atoms with Crippen molar-refractivity contribution in [2.24, 2.45) is 5.73 Å². The summed E-state index contributed by atoms with van der Waals surface area (Å²) in [6.07, 6.45) is 37.9. The molecule has 0 aliphatic heterocycles. The van der Waals surface area contributed by atoms with Crippen LogP contribution in [-0.2, 0) is 27.9 Å². The summed E-state index contributed by atoms with van der Waals surface area (Å²) in [4.78, 5) is 22.4. The topological polar surface area (TPSA) is 117 Å². The van der Waals surface area contributed by atoms with Crippen molar-refractivity contribution >= 4 is 13.8 Å². The Kier molecular flexibility index (Phi) is 36.9. The maximum Gasteiger partial charge on any atom is 0.472 e. The zero-order valence-corrected chi connectivity index (χ0v) is 32.4. The van der Waals surface area contributed by atoms with Gasteiger partial charge in [0.05, 0.1) is 19.8 Å². The highest BCUT2D eigenvalue weighted by molar-refractivity contribution is 7.47. The molecular formula is C39H78NO7P. The van der Waals surface area contributed by atoms with Crippen molar-refractivity contribution in [2.75, 3.05) is 33.0 Å². The van der Waals surface area contributed by atoms with Gasteiger partial charge in [0.15, 0.2) is 0 Å². The first kappa shape index (κ1) is 47.2. The first-order valence-electron chi connectivity index (χ1n) is 20.2. The van der Waals surface area contributed by atoms with E-state index in [0.29, 0.717) is 13.0 Å². The van der Waals surface area contributed by atoms with Crippen LogP contribution in [0.1, 0.15) is 194 Å². The molecule has 0 heterocycles. The molecule has 3 N–H and O–H groups in total. The van der Waals surface area contributed by atoms with E-state index in [1.165, 1.54) is 128 Å². The fourth-order valence-electron chi connectivity index (χ4n) is 5.70. The van der Waals surface area contributed by atoms with Gasteiger partial charge in [-0.15, -0.1) is 0 Å². The fourth-order valence-corrected chi connectivity index (χ4v) is 6.46. The Balaban J connectivity index is 4.01. The lowest BCUT2D eigenvalue weighted by Crippen LogP contribution is -2.28. The lowest BCUT2D eigenvalue weighted by molar-refractivity contribution is -0.154. The van der Waals surface area contributed by atoms with Crippen LogP contribution in [0.25, 0.3) is 0 Å². The van der Waals surface area contributed by atoms with E-state index in [1.54, 1.807) is 0 Å². The van der Waals surface area contributed by atoms with Crippen molar-refractivity contribution in [1.29, 1.82) is 0 Å². The van der Waals surface area contributed by atoms with E-state index in [-0.39, 0.29) is 32.3 Å². The Morgan fingerprint density at radius 3 is 1.56 bits per heavy atom. The molecule has 0 amide bonds. The van der Waals surface area contributed by atoms with E-state index >= 15 is 0 Å². The standard InChI is InChI=1S/C39H78NO7P/c1-3-5-7-9-11-13-15-17-18-19-20-21-23-25-27-29-31-34-44-36-38(37-46-48(42,43)45-35-33-40)47-39(41)32-30-28-26-24-22-16-14-12-10-8-6-4-2/h12,14,38H,3-11,13,15-37,40H2,1-2H3,(H,42,43)/b14-12-. The lowest BCUT2D eigenvalue weighted by atomic mass is 10.0. The first-order valence-corrected chi connectivity index (χ1v) is 21.7. The molecule has 0 radical (unpaired) electrons. The normalized spacial score (nSPS) is 13.7. The predicted octanol–water partition coefficient (Wildman–Crippen LogP) is 11.5. The second kappa shape index (κ2) is 37.5. The van der Waals surface area contributed by atoms with Gasteiger partial charge in [-0.2, -0.15) is 0 Å². The zero-order chi connectivity index (χ0) is 35.2. The number of hydrogen-bond donors (Lipinski definition) is 2. The monoisotopic (exact) mass is 704 g/mol. The van der Waals surface area contributed by atoms with Crippen molar-refractivity contribution in [1.82, 2.24) is 0 Å². The van der Waals surface area contributed by atoms with E-state index in [2.05, 4.69) is 26.0 Å². The van der Waals surface area contributed by atoms with Crippen molar-refractivity contribution in [3.8, 4) is 0 Å². The third-order valence-electron chi connectivity index (χ3n) is 8.68. The first-order chi connectivity index (χ1) is 23.4. The summed E-state index contributed by atoms with van der Waals surface area (Å²) in [5, 5.41) is 0. The smallest absolute Gasteiger partial charge is 0.457 e. The summed E-state index contributed by atoms with van der Waals surface area (Å²) in [5.41, 5.74) is 5.35. The van der Waals surface area contributed by atoms with Crippen molar-refractivity contribution in [2.45, 2.75) is 200 Å². The second-order valence-corrected chi connectivity index (χ2v) is 15.0. The largest absolute Gasteiger partial charge is 0.472 e. The summed E-state index contributed by atoms with van der Waals surface area (Å²) < 4.78 is 33.3. The second-order valence-electron chi connectivity index (χ2n) is 13.5. The molecule has 0 aliphatic carbocycles. The van der Waals surface area contributed by atoms with Gasteiger partial charge in [0.2, 0.25) is 0 Å². The van der Waals surface area contributed by atoms with Crippen LogP contribution in [0.5, 0.6) is 0 Å². The van der Waals surface area contributed by atoms with E-state index in [0.717, 1.165) is 44.9 Å². The number of allylic oxidation sites excluding steroid dienone is 2. The number of unbranched alkanes of at least 4 members (excludes halogenated alkanes) is 24. The van der Waals surface area contributed by atoms with Crippen molar-refractivity contribution in [3.63, 3.8) is 0 Å².